The molecule has 0 aromatic rings. The lowest BCUT2D eigenvalue weighted by atomic mass is 9.43. The number of hydrogen-bond acceptors (Lipinski definition) is 3. The van der Waals surface area contributed by atoms with Gasteiger partial charge in [-0.1, -0.05) is 27.2 Å². The fraction of sp³-hybridized carbons (Fsp3) is 0.850. The van der Waals surface area contributed by atoms with Crippen LogP contribution in [-0.2, 0) is 14.6 Å². The number of aliphatic carboxylic acids is 1. The predicted molar refractivity (Wildman–Crippen MR) is 90.1 cm³/mol. The molecule has 0 aromatic carbocycles. The molecule has 5 aliphatic rings. The maximum Gasteiger partial charge on any atom is 0.309 e. The first-order chi connectivity index (χ1) is 11.2. The first-order valence-corrected chi connectivity index (χ1v) is 9.53. The summed E-state index contributed by atoms with van der Waals surface area (Å²) in [5.74, 6) is 0.443. The van der Waals surface area contributed by atoms with Gasteiger partial charge in [0.1, 0.15) is 11.7 Å². The molecular formula is C20H30O4. The van der Waals surface area contributed by atoms with Crippen LogP contribution in [0.25, 0.3) is 0 Å². The molecule has 0 radical (unpaired) electrons. The molecule has 4 heteroatoms. The molecular weight excluding hydrogens is 304 g/mol. The summed E-state index contributed by atoms with van der Waals surface area (Å²) in [6.45, 7) is 8.74. The lowest BCUT2D eigenvalue weighted by Gasteiger charge is -2.64. The zero-order chi connectivity index (χ0) is 17.3. The van der Waals surface area contributed by atoms with Crippen molar-refractivity contribution < 1.29 is 19.7 Å². The highest BCUT2D eigenvalue weighted by molar-refractivity contribution is 5.75. The van der Waals surface area contributed by atoms with Crippen LogP contribution in [0.3, 0.4) is 0 Å². The normalized spacial score (nSPS) is 50.2. The Morgan fingerprint density at radius 2 is 2.00 bits per heavy atom. The average molecular weight is 334 g/mol. The molecule has 2 heterocycles. The smallest absolute Gasteiger partial charge is 0.309 e. The van der Waals surface area contributed by atoms with Gasteiger partial charge >= 0.3 is 5.97 Å². The Hall–Kier alpha value is -0.870. The highest BCUT2D eigenvalue weighted by atomic mass is 17.2. The van der Waals surface area contributed by atoms with E-state index in [0.29, 0.717) is 11.8 Å². The lowest BCUT2D eigenvalue weighted by Crippen LogP contribution is -2.65. The molecule has 24 heavy (non-hydrogen) atoms. The minimum absolute atomic E-state index is 0.0185. The van der Waals surface area contributed by atoms with Crippen molar-refractivity contribution in [3.63, 3.8) is 0 Å². The van der Waals surface area contributed by atoms with Gasteiger partial charge in [-0.3, -0.25) is 4.79 Å². The first-order valence-electron chi connectivity index (χ1n) is 9.53. The van der Waals surface area contributed by atoms with Crippen LogP contribution in [0.2, 0.25) is 0 Å². The van der Waals surface area contributed by atoms with E-state index in [1.807, 2.05) is 6.92 Å². The van der Waals surface area contributed by atoms with E-state index in [2.05, 4.69) is 26.8 Å². The molecule has 0 amide bonds. The van der Waals surface area contributed by atoms with Gasteiger partial charge in [0.15, 0.2) is 0 Å². The van der Waals surface area contributed by atoms with Gasteiger partial charge in [-0.15, -0.1) is 0 Å². The topological polar surface area (TPSA) is 55.8 Å². The van der Waals surface area contributed by atoms with Crippen molar-refractivity contribution in [1.29, 1.82) is 0 Å². The van der Waals surface area contributed by atoms with E-state index in [1.165, 1.54) is 5.57 Å². The maximum absolute atomic E-state index is 12.1. The Kier molecular flexibility index (Phi) is 3.51. The second-order valence-corrected chi connectivity index (χ2v) is 9.38. The summed E-state index contributed by atoms with van der Waals surface area (Å²) in [7, 11) is 0. The van der Waals surface area contributed by atoms with E-state index < -0.39 is 11.4 Å². The van der Waals surface area contributed by atoms with Gasteiger partial charge in [0.25, 0.3) is 0 Å². The summed E-state index contributed by atoms with van der Waals surface area (Å²) >= 11 is 0. The lowest BCUT2D eigenvalue weighted by molar-refractivity contribution is -0.434. The molecule has 4 nitrogen and oxygen atoms in total. The Labute approximate surface area is 144 Å². The highest BCUT2D eigenvalue weighted by Gasteiger charge is 2.66. The van der Waals surface area contributed by atoms with Crippen LogP contribution in [0, 0.1) is 28.6 Å². The predicted octanol–water partition coefficient (Wildman–Crippen LogP) is 4.35. The van der Waals surface area contributed by atoms with Crippen LogP contribution in [0.5, 0.6) is 0 Å². The van der Waals surface area contributed by atoms with Gasteiger partial charge in [-0.25, -0.2) is 9.78 Å². The molecule has 1 spiro atoms. The number of fused-ring (bicyclic) bond motifs is 2. The Bertz CT molecular complexity index is 596. The summed E-state index contributed by atoms with van der Waals surface area (Å²) in [6, 6.07) is 0. The second-order valence-electron chi connectivity index (χ2n) is 9.38. The standard InChI is InChI=1S/C20H30O4/c1-12(2)13-11-20-9-6-15-18(3,16(20)10-14(13)23-24-20)7-5-8-19(15,4)17(21)22/h11-12,14-16H,5-10H2,1-4H3,(H,21,22)/t14-,15+,16-,18-,19+,20-/m0/s1. The third-order valence-electron chi connectivity index (χ3n) is 7.89. The fourth-order valence-electron chi connectivity index (χ4n) is 6.61. The van der Waals surface area contributed by atoms with Gasteiger partial charge in [-0.2, -0.15) is 0 Å². The number of rotatable bonds is 2. The summed E-state index contributed by atoms with van der Waals surface area (Å²) in [5.41, 5.74) is 0.453. The van der Waals surface area contributed by atoms with Crippen LogP contribution in [0.15, 0.2) is 11.6 Å². The van der Waals surface area contributed by atoms with E-state index in [1.54, 1.807) is 0 Å². The van der Waals surface area contributed by atoms with Crippen molar-refractivity contribution >= 4 is 5.97 Å². The molecule has 3 aliphatic carbocycles. The van der Waals surface area contributed by atoms with Gasteiger partial charge in [0, 0.05) is 5.92 Å². The molecule has 0 aromatic heterocycles. The maximum atomic E-state index is 12.1. The molecule has 2 saturated carbocycles. The zero-order valence-corrected chi connectivity index (χ0v) is 15.3. The molecule has 1 N–H and O–H groups in total. The molecule has 134 valence electrons. The molecule has 1 saturated heterocycles. The average Bonchev–Trinajstić information content (AvgIpc) is 2.54. The minimum atomic E-state index is -0.620. The van der Waals surface area contributed by atoms with Crippen LogP contribution in [0.1, 0.15) is 66.2 Å². The largest absolute Gasteiger partial charge is 0.481 e. The third kappa shape index (κ3) is 1.96. The van der Waals surface area contributed by atoms with Gasteiger partial charge in [0.05, 0.1) is 5.41 Å². The fourth-order valence-corrected chi connectivity index (χ4v) is 6.61. The van der Waals surface area contributed by atoms with E-state index in [9.17, 15) is 9.90 Å². The Balaban J connectivity index is 1.76. The van der Waals surface area contributed by atoms with Crippen LogP contribution < -0.4 is 0 Å². The molecule has 2 aliphatic heterocycles. The van der Waals surface area contributed by atoms with Gasteiger partial charge in [0.2, 0.25) is 0 Å². The van der Waals surface area contributed by atoms with Crippen molar-refractivity contribution in [2.24, 2.45) is 28.6 Å². The van der Waals surface area contributed by atoms with Crippen LogP contribution >= 0.6 is 0 Å². The number of carboxylic acid groups (broad SMARTS) is 1. The Morgan fingerprint density at radius 1 is 1.25 bits per heavy atom. The third-order valence-corrected chi connectivity index (χ3v) is 7.89. The van der Waals surface area contributed by atoms with E-state index in [4.69, 9.17) is 9.78 Å². The number of carbonyl (C=O) groups is 1. The summed E-state index contributed by atoms with van der Waals surface area (Å²) < 4.78 is 0. The molecule has 2 bridgehead atoms. The van der Waals surface area contributed by atoms with Crippen molar-refractivity contribution in [2.75, 3.05) is 0 Å². The first kappa shape index (κ1) is 16.6. The number of carboxylic acids is 1. The SMILES string of the molecule is CC(C)C1=C[C@@]23CC[C@@H]4[C@](C)(CCC[C@@]4(C)C(=O)O)[C@@H]2C[C@@H]1OO3. The minimum Gasteiger partial charge on any atom is -0.481 e. The molecule has 0 unspecified atom stereocenters. The molecule has 6 atom stereocenters. The van der Waals surface area contributed by atoms with E-state index in [0.717, 1.165) is 38.5 Å². The molecule has 5 rings (SSSR count). The molecule has 3 fully saturated rings. The van der Waals surface area contributed by atoms with Gasteiger partial charge < -0.3 is 5.11 Å². The van der Waals surface area contributed by atoms with Crippen LogP contribution in [-0.4, -0.2) is 22.8 Å². The monoisotopic (exact) mass is 334 g/mol. The Morgan fingerprint density at radius 3 is 2.67 bits per heavy atom. The van der Waals surface area contributed by atoms with E-state index in [-0.39, 0.29) is 23.0 Å². The number of hydrogen-bond donors (Lipinski definition) is 1. The zero-order valence-electron chi connectivity index (χ0n) is 15.3. The van der Waals surface area contributed by atoms with Gasteiger partial charge in [-0.05, 0) is 67.9 Å². The second kappa shape index (κ2) is 5.07. The summed E-state index contributed by atoms with van der Waals surface area (Å²) in [5, 5.41) is 9.92. The van der Waals surface area contributed by atoms with Crippen molar-refractivity contribution in [3.05, 3.63) is 11.6 Å². The van der Waals surface area contributed by atoms with Crippen molar-refractivity contribution in [1.82, 2.24) is 0 Å². The van der Waals surface area contributed by atoms with Crippen LogP contribution in [0.4, 0.5) is 0 Å². The van der Waals surface area contributed by atoms with Crippen molar-refractivity contribution in [2.45, 2.75) is 77.9 Å². The van der Waals surface area contributed by atoms with Crippen molar-refractivity contribution in [3.8, 4) is 0 Å². The summed E-state index contributed by atoms with van der Waals surface area (Å²) in [6.07, 6.45) is 8.07. The summed E-state index contributed by atoms with van der Waals surface area (Å²) in [4.78, 5) is 23.8. The quantitative estimate of drug-likeness (QED) is 0.602. The highest BCUT2D eigenvalue weighted by Crippen LogP contribution is 2.66. The van der Waals surface area contributed by atoms with E-state index >= 15 is 0 Å².